The van der Waals surface area contributed by atoms with Crippen LogP contribution in [0, 0.1) is 12.5 Å². The topological polar surface area (TPSA) is 85.5 Å². The second kappa shape index (κ2) is 4.48. The summed E-state index contributed by atoms with van der Waals surface area (Å²) in [5.41, 5.74) is 7.97. The van der Waals surface area contributed by atoms with E-state index in [0.717, 1.165) is 5.56 Å². The molecule has 1 aromatic rings. The van der Waals surface area contributed by atoms with E-state index in [4.69, 9.17) is 10.6 Å². The molecule has 0 saturated heterocycles. The van der Waals surface area contributed by atoms with E-state index in [-0.39, 0.29) is 0 Å². The Kier molecular flexibility index (Phi) is 3.30. The van der Waals surface area contributed by atoms with E-state index in [0.29, 0.717) is 5.69 Å². The molecule has 0 saturated carbocycles. The fourth-order valence-corrected chi connectivity index (χ4v) is 0.969. The van der Waals surface area contributed by atoms with Gasteiger partial charge in [0, 0.05) is 5.69 Å². The van der Waals surface area contributed by atoms with Crippen LogP contribution in [0.3, 0.4) is 0 Å². The molecule has 0 spiro atoms. The van der Waals surface area contributed by atoms with Gasteiger partial charge in [-0.15, -0.1) is 0 Å². The predicted octanol–water partition coefficient (Wildman–Crippen LogP) is 1.28. The molecule has 1 unspecified atom stereocenters. The zero-order chi connectivity index (χ0) is 10.6. The van der Waals surface area contributed by atoms with Gasteiger partial charge in [0.2, 0.25) is 6.23 Å². The first kappa shape index (κ1) is 10.3. The third-order valence-corrected chi connectivity index (χ3v) is 1.76. The van der Waals surface area contributed by atoms with Gasteiger partial charge in [-0.25, -0.2) is 5.53 Å². The third-order valence-electron chi connectivity index (χ3n) is 1.76. The number of hydrogen-bond acceptors (Lipinski definition) is 4. The predicted molar refractivity (Wildman–Crippen MR) is 51.0 cm³/mol. The van der Waals surface area contributed by atoms with Crippen molar-refractivity contribution in [2.75, 3.05) is 5.32 Å². The minimum absolute atomic E-state index is 0.611. The summed E-state index contributed by atoms with van der Waals surface area (Å²) in [5.74, 6) is -0.700. The van der Waals surface area contributed by atoms with Gasteiger partial charge in [-0.3, -0.25) is 4.79 Å². The average molecular weight is 193 g/mol. The largest absolute Gasteiger partial charge is 0.363 e. The Hall–Kier alpha value is -1.75. The van der Waals surface area contributed by atoms with Gasteiger partial charge in [0.05, 0.1) is 0 Å². The van der Waals surface area contributed by atoms with Gasteiger partial charge in [0.15, 0.2) is 0 Å². The Morgan fingerprint density at radius 1 is 1.57 bits per heavy atom. The van der Waals surface area contributed by atoms with Gasteiger partial charge in [0.25, 0.3) is 5.91 Å². The van der Waals surface area contributed by atoms with Crippen LogP contribution in [0.2, 0.25) is 0 Å². The van der Waals surface area contributed by atoms with E-state index in [1.807, 2.05) is 19.1 Å². The number of benzene rings is 1. The van der Waals surface area contributed by atoms with Crippen molar-refractivity contribution in [1.82, 2.24) is 0 Å². The van der Waals surface area contributed by atoms with Crippen LogP contribution in [0.1, 0.15) is 5.56 Å². The van der Waals surface area contributed by atoms with Crippen molar-refractivity contribution in [3.8, 4) is 0 Å². The first-order valence-corrected chi connectivity index (χ1v) is 4.06. The molecule has 0 aliphatic heterocycles. The number of aliphatic hydroxyl groups excluding tert-OH is 1. The number of aryl methyl sites for hydroxylation is 1. The summed E-state index contributed by atoms with van der Waals surface area (Å²) in [4.78, 5) is 11.1. The highest BCUT2D eigenvalue weighted by Crippen LogP contribution is 2.13. The van der Waals surface area contributed by atoms with Crippen molar-refractivity contribution < 1.29 is 9.90 Å². The standard InChI is InChI=1S/C9H11N3O2/c1-6-4-2-3-5-7(6)11-8(13)9(14)12-10/h2-5,9-10,14H,1H3,(H,11,13). The second-order valence-electron chi connectivity index (χ2n) is 2.81. The number of carbonyl (C=O) groups excluding carboxylic acids is 1. The molecule has 74 valence electrons. The summed E-state index contributed by atoms with van der Waals surface area (Å²) in [6.45, 7) is 1.83. The van der Waals surface area contributed by atoms with Gasteiger partial charge < -0.3 is 10.4 Å². The molecule has 3 N–H and O–H groups in total. The number of nitrogens with one attached hydrogen (secondary N) is 2. The fraction of sp³-hybridized carbons (Fsp3) is 0.222. The minimum atomic E-state index is -1.63. The van der Waals surface area contributed by atoms with E-state index in [2.05, 4.69) is 10.4 Å². The monoisotopic (exact) mass is 193 g/mol. The molecular formula is C9H11N3O2. The fourth-order valence-electron chi connectivity index (χ4n) is 0.969. The first-order valence-electron chi connectivity index (χ1n) is 4.06. The summed E-state index contributed by atoms with van der Waals surface area (Å²) in [7, 11) is 0. The summed E-state index contributed by atoms with van der Waals surface area (Å²) in [6.07, 6.45) is -1.63. The summed E-state index contributed by atoms with van der Waals surface area (Å²) in [5, 5.41) is 14.1. The van der Waals surface area contributed by atoms with Crippen LogP contribution in [0.4, 0.5) is 5.69 Å². The van der Waals surface area contributed by atoms with Crippen LogP contribution in [0.25, 0.3) is 0 Å². The van der Waals surface area contributed by atoms with E-state index in [1.54, 1.807) is 12.1 Å². The van der Waals surface area contributed by atoms with Gasteiger partial charge >= 0.3 is 0 Å². The van der Waals surface area contributed by atoms with Crippen LogP contribution in [-0.4, -0.2) is 17.2 Å². The van der Waals surface area contributed by atoms with E-state index in [1.165, 1.54) is 0 Å². The zero-order valence-electron chi connectivity index (χ0n) is 7.69. The molecule has 0 aromatic heterocycles. The number of rotatable bonds is 3. The lowest BCUT2D eigenvalue weighted by molar-refractivity contribution is -0.123. The number of hydrogen-bond donors (Lipinski definition) is 3. The molecular weight excluding hydrogens is 182 g/mol. The second-order valence-corrected chi connectivity index (χ2v) is 2.81. The molecule has 14 heavy (non-hydrogen) atoms. The normalized spacial score (nSPS) is 11.9. The van der Waals surface area contributed by atoms with Gasteiger partial charge in [0.1, 0.15) is 0 Å². The Labute approximate surface area is 81.3 Å². The van der Waals surface area contributed by atoms with Crippen molar-refractivity contribution in [2.45, 2.75) is 13.2 Å². The Morgan fingerprint density at radius 2 is 2.21 bits per heavy atom. The molecule has 1 rings (SSSR count). The van der Waals surface area contributed by atoms with E-state index < -0.39 is 12.1 Å². The Bertz CT molecular complexity index is 352. The lowest BCUT2D eigenvalue weighted by atomic mass is 10.2. The van der Waals surface area contributed by atoms with Crippen molar-refractivity contribution in [2.24, 2.45) is 5.11 Å². The van der Waals surface area contributed by atoms with Gasteiger partial charge in [-0.05, 0) is 18.6 Å². The molecule has 1 aromatic carbocycles. The van der Waals surface area contributed by atoms with E-state index in [9.17, 15) is 4.79 Å². The molecule has 5 heteroatoms. The number of aliphatic hydroxyl groups is 1. The summed E-state index contributed by atoms with van der Waals surface area (Å²) in [6, 6.07) is 7.16. The molecule has 5 nitrogen and oxygen atoms in total. The highest BCUT2D eigenvalue weighted by Gasteiger charge is 2.13. The highest BCUT2D eigenvalue weighted by molar-refractivity contribution is 5.94. The highest BCUT2D eigenvalue weighted by atomic mass is 16.3. The number of amides is 1. The van der Waals surface area contributed by atoms with Crippen molar-refractivity contribution in [3.63, 3.8) is 0 Å². The number of nitrogens with zero attached hydrogens (tertiary/aromatic N) is 1. The first-order chi connectivity index (χ1) is 6.65. The lowest BCUT2D eigenvalue weighted by Crippen LogP contribution is -2.25. The lowest BCUT2D eigenvalue weighted by Gasteiger charge is -2.08. The molecule has 0 heterocycles. The maximum absolute atomic E-state index is 11.1. The SMILES string of the molecule is Cc1ccccc1NC(=O)C(O)N=N. The maximum atomic E-state index is 11.1. The summed E-state index contributed by atoms with van der Waals surface area (Å²) >= 11 is 0. The average Bonchev–Trinajstić information content (AvgIpc) is 2.20. The molecule has 1 amide bonds. The molecule has 0 aliphatic rings. The van der Waals surface area contributed by atoms with Crippen molar-refractivity contribution >= 4 is 11.6 Å². The summed E-state index contributed by atoms with van der Waals surface area (Å²) < 4.78 is 0. The Balaban J connectivity index is 2.74. The number of anilines is 1. The smallest absolute Gasteiger partial charge is 0.278 e. The molecule has 0 aliphatic carbocycles. The zero-order valence-corrected chi connectivity index (χ0v) is 7.69. The van der Waals surface area contributed by atoms with Crippen LogP contribution in [-0.2, 0) is 4.79 Å². The number of carbonyl (C=O) groups is 1. The molecule has 0 bridgehead atoms. The van der Waals surface area contributed by atoms with E-state index >= 15 is 0 Å². The minimum Gasteiger partial charge on any atom is -0.363 e. The number of para-hydroxylation sites is 1. The molecule has 0 radical (unpaired) electrons. The van der Waals surface area contributed by atoms with Crippen LogP contribution < -0.4 is 5.32 Å². The van der Waals surface area contributed by atoms with Crippen LogP contribution in [0.5, 0.6) is 0 Å². The molecule has 1 atom stereocenters. The van der Waals surface area contributed by atoms with Gasteiger partial charge in [-0.1, -0.05) is 18.2 Å². The third kappa shape index (κ3) is 2.37. The van der Waals surface area contributed by atoms with Gasteiger partial charge in [-0.2, -0.15) is 5.11 Å². The van der Waals surface area contributed by atoms with Crippen molar-refractivity contribution in [3.05, 3.63) is 29.8 Å². The van der Waals surface area contributed by atoms with Crippen molar-refractivity contribution in [1.29, 1.82) is 5.53 Å². The Morgan fingerprint density at radius 3 is 2.79 bits per heavy atom. The van der Waals surface area contributed by atoms with Crippen LogP contribution >= 0.6 is 0 Å². The maximum Gasteiger partial charge on any atom is 0.278 e. The quantitative estimate of drug-likeness (QED) is 0.631. The van der Waals surface area contributed by atoms with Crippen LogP contribution in [0.15, 0.2) is 29.4 Å². The molecule has 0 fully saturated rings.